The number of ether oxygens (including phenoxy) is 1. The molecule has 1 aliphatic heterocycles. The first kappa shape index (κ1) is 16.0. The van der Waals surface area contributed by atoms with Gasteiger partial charge in [-0.15, -0.1) is 0 Å². The fourth-order valence-corrected chi connectivity index (χ4v) is 3.46. The first-order valence-corrected chi connectivity index (χ1v) is 8.89. The second kappa shape index (κ2) is 6.77. The standard InChI is InChI=1S/C16H17N5O3S/c17-16-19-10-8-9(3-4-12(10)25-16)14(22)18-6-5-13-20-15(24-21-13)11-2-1-7-23-11/h3-4,8,11H,1-2,5-7H2,(H2,17,19)(H,18,22). The third-order valence-electron chi connectivity index (χ3n) is 3.99. The lowest BCUT2D eigenvalue weighted by molar-refractivity contribution is 0.0835. The van der Waals surface area contributed by atoms with Gasteiger partial charge in [0.15, 0.2) is 11.0 Å². The topological polar surface area (TPSA) is 116 Å². The van der Waals surface area contributed by atoms with Crippen molar-refractivity contribution in [1.82, 2.24) is 20.4 Å². The van der Waals surface area contributed by atoms with Crippen LogP contribution in [0.25, 0.3) is 10.2 Å². The zero-order chi connectivity index (χ0) is 17.2. The largest absolute Gasteiger partial charge is 0.375 e. The molecule has 1 aliphatic rings. The first-order chi connectivity index (χ1) is 12.2. The van der Waals surface area contributed by atoms with Crippen molar-refractivity contribution in [1.29, 1.82) is 0 Å². The highest BCUT2D eigenvalue weighted by Gasteiger charge is 2.23. The van der Waals surface area contributed by atoms with E-state index in [0.29, 0.717) is 35.4 Å². The van der Waals surface area contributed by atoms with Gasteiger partial charge >= 0.3 is 0 Å². The van der Waals surface area contributed by atoms with Gasteiger partial charge in [-0.3, -0.25) is 4.79 Å². The number of benzene rings is 1. The molecule has 1 atom stereocenters. The number of hydrogen-bond acceptors (Lipinski definition) is 8. The summed E-state index contributed by atoms with van der Waals surface area (Å²) in [5.41, 5.74) is 6.96. The summed E-state index contributed by atoms with van der Waals surface area (Å²) in [5.74, 6) is 0.912. The van der Waals surface area contributed by atoms with Crippen LogP contribution in [-0.4, -0.2) is 34.2 Å². The third-order valence-corrected chi connectivity index (χ3v) is 4.85. The van der Waals surface area contributed by atoms with Crippen LogP contribution in [0, 0.1) is 0 Å². The Labute approximate surface area is 147 Å². The number of carbonyl (C=O) groups excluding carboxylic acids is 1. The lowest BCUT2D eigenvalue weighted by Crippen LogP contribution is -2.25. The molecule has 1 saturated heterocycles. The number of nitrogens with two attached hydrogens (primary N) is 1. The van der Waals surface area contributed by atoms with E-state index in [1.54, 1.807) is 12.1 Å². The average Bonchev–Trinajstić information content (AvgIpc) is 3.33. The summed E-state index contributed by atoms with van der Waals surface area (Å²) in [6.45, 7) is 1.15. The molecule has 25 heavy (non-hydrogen) atoms. The number of rotatable bonds is 5. The summed E-state index contributed by atoms with van der Waals surface area (Å²) in [6.07, 6.45) is 2.32. The van der Waals surface area contributed by atoms with Gasteiger partial charge in [0.05, 0.1) is 10.2 Å². The van der Waals surface area contributed by atoms with Crippen LogP contribution in [0.2, 0.25) is 0 Å². The van der Waals surface area contributed by atoms with Gasteiger partial charge in [-0.2, -0.15) is 4.98 Å². The van der Waals surface area contributed by atoms with E-state index in [-0.39, 0.29) is 12.0 Å². The van der Waals surface area contributed by atoms with Crippen LogP contribution in [0.1, 0.15) is 41.0 Å². The quantitative estimate of drug-likeness (QED) is 0.716. The van der Waals surface area contributed by atoms with Gasteiger partial charge in [0, 0.05) is 25.1 Å². The Morgan fingerprint density at radius 3 is 3.16 bits per heavy atom. The van der Waals surface area contributed by atoms with E-state index in [4.69, 9.17) is 15.0 Å². The van der Waals surface area contributed by atoms with Gasteiger partial charge in [0.25, 0.3) is 11.8 Å². The monoisotopic (exact) mass is 359 g/mol. The van der Waals surface area contributed by atoms with Gasteiger partial charge in [0.2, 0.25) is 0 Å². The number of nitrogen functional groups attached to an aromatic ring is 1. The molecule has 0 spiro atoms. The predicted molar refractivity (Wildman–Crippen MR) is 92.3 cm³/mol. The van der Waals surface area contributed by atoms with Crippen molar-refractivity contribution in [3.63, 3.8) is 0 Å². The highest BCUT2D eigenvalue weighted by Crippen LogP contribution is 2.27. The molecule has 3 N–H and O–H groups in total. The fraction of sp³-hybridized carbons (Fsp3) is 0.375. The zero-order valence-electron chi connectivity index (χ0n) is 13.4. The molecule has 1 fully saturated rings. The summed E-state index contributed by atoms with van der Waals surface area (Å²) in [4.78, 5) is 20.8. The molecule has 130 valence electrons. The molecule has 0 aliphatic carbocycles. The normalized spacial score (nSPS) is 17.2. The van der Waals surface area contributed by atoms with Crippen molar-refractivity contribution in [3.8, 4) is 0 Å². The molecule has 0 saturated carbocycles. The van der Waals surface area contributed by atoms with Gasteiger partial charge in [-0.1, -0.05) is 16.5 Å². The average molecular weight is 359 g/mol. The van der Waals surface area contributed by atoms with Gasteiger partial charge in [-0.05, 0) is 31.0 Å². The molecule has 8 nitrogen and oxygen atoms in total. The lowest BCUT2D eigenvalue weighted by Gasteiger charge is -2.03. The Morgan fingerprint density at radius 2 is 2.32 bits per heavy atom. The van der Waals surface area contributed by atoms with Crippen molar-refractivity contribution in [2.75, 3.05) is 18.9 Å². The van der Waals surface area contributed by atoms with Crippen molar-refractivity contribution in [3.05, 3.63) is 35.5 Å². The molecule has 1 aromatic carbocycles. The molecule has 1 unspecified atom stereocenters. The van der Waals surface area contributed by atoms with Gasteiger partial charge in [-0.25, -0.2) is 4.98 Å². The number of amides is 1. The van der Waals surface area contributed by atoms with E-state index >= 15 is 0 Å². The van der Waals surface area contributed by atoms with Crippen molar-refractivity contribution >= 4 is 32.6 Å². The zero-order valence-corrected chi connectivity index (χ0v) is 14.2. The van der Waals surface area contributed by atoms with E-state index in [2.05, 4.69) is 20.4 Å². The summed E-state index contributed by atoms with van der Waals surface area (Å²) < 4.78 is 11.7. The third kappa shape index (κ3) is 3.47. The molecule has 0 bridgehead atoms. The summed E-state index contributed by atoms with van der Waals surface area (Å²) in [6, 6.07) is 5.35. The molecule has 1 amide bonds. The number of thiazole rings is 1. The van der Waals surface area contributed by atoms with Crippen molar-refractivity contribution < 1.29 is 14.1 Å². The molecular formula is C16H17N5O3S. The number of nitrogens with one attached hydrogen (secondary N) is 1. The second-order valence-corrected chi connectivity index (χ2v) is 6.85. The maximum absolute atomic E-state index is 12.2. The van der Waals surface area contributed by atoms with Crippen LogP contribution in [-0.2, 0) is 11.2 Å². The Kier molecular flexibility index (Phi) is 4.33. The maximum Gasteiger partial charge on any atom is 0.255 e. The van der Waals surface area contributed by atoms with Gasteiger partial charge in [0.1, 0.15) is 6.10 Å². The molecule has 3 heterocycles. The highest BCUT2D eigenvalue weighted by molar-refractivity contribution is 7.22. The van der Waals surface area contributed by atoms with Crippen LogP contribution in [0.3, 0.4) is 0 Å². The van der Waals surface area contributed by atoms with Crippen LogP contribution < -0.4 is 11.1 Å². The Hall–Kier alpha value is -2.52. The van der Waals surface area contributed by atoms with Gasteiger partial charge < -0.3 is 20.3 Å². The summed E-state index contributed by atoms with van der Waals surface area (Å²) in [7, 11) is 0. The van der Waals surface area contributed by atoms with Crippen molar-refractivity contribution in [2.45, 2.75) is 25.4 Å². The molecule has 2 aromatic heterocycles. The van der Waals surface area contributed by atoms with Crippen LogP contribution >= 0.6 is 11.3 Å². The molecule has 0 radical (unpaired) electrons. The number of aromatic nitrogens is 3. The number of nitrogens with zero attached hydrogens (tertiary/aromatic N) is 3. The minimum Gasteiger partial charge on any atom is -0.375 e. The minimum atomic E-state index is -0.170. The number of hydrogen-bond donors (Lipinski definition) is 2. The highest BCUT2D eigenvalue weighted by atomic mass is 32.1. The van der Waals surface area contributed by atoms with Crippen LogP contribution in [0.4, 0.5) is 5.13 Å². The number of carbonyl (C=O) groups is 1. The maximum atomic E-state index is 12.2. The second-order valence-electron chi connectivity index (χ2n) is 5.79. The van der Waals surface area contributed by atoms with E-state index in [1.165, 1.54) is 11.3 Å². The summed E-state index contributed by atoms with van der Waals surface area (Å²) in [5, 5.41) is 7.28. The Balaban J connectivity index is 1.33. The minimum absolute atomic E-state index is 0.0897. The smallest absolute Gasteiger partial charge is 0.255 e. The Bertz CT molecular complexity index is 900. The van der Waals surface area contributed by atoms with E-state index < -0.39 is 0 Å². The first-order valence-electron chi connectivity index (χ1n) is 8.07. The number of fused-ring (bicyclic) bond motifs is 1. The number of anilines is 1. The molecule has 3 aromatic rings. The summed E-state index contributed by atoms with van der Waals surface area (Å²) >= 11 is 1.40. The fourth-order valence-electron chi connectivity index (χ4n) is 2.75. The van der Waals surface area contributed by atoms with E-state index in [0.717, 1.165) is 29.7 Å². The Morgan fingerprint density at radius 1 is 1.40 bits per heavy atom. The van der Waals surface area contributed by atoms with E-state index in [9.17, 15) is 4.79 Å². The van der Waals surface area contributed by atoms with Crippen LogP contribution in [0.15, 0.2) is 22.7 Å². The lowest BCUT2D eigenvalue weighted by atomic mass is 10.2. The van der Waals surface area contributed by atoms with Crippen LogP contribution in [0.5, 0.6) is 0 Å². The molecule has 4 rings (SSSR count). The van der Waals surface area contributed by atoms with E-state index in [1.807, 2.05) is 6.07 Å². The molecule has 9 heteroatoms. The predicted octanol–water partition coefficient (Wildman–Crippen LogP) is 2.09. The van der Waals surface area contributed by atoms with Crippen molar-refractivity contribution in [2.24, 2.45) is 0 Å². The SMILES string of the molecule is Nc1nc2cc(C(=O)NCCc3noc(C4CCCO4)n3)ccc2s1. The molecular weight excluding hydrogens is 342 g/mol.